The second-order valence-corrected chi connectivity index (χ2v) is 5.08. The van der Waals surface area contributed by atoms with Crippen LogP contribution < -0.4 is 0 Å². The Kier molecular flexibility index (Phi) is 3.36. The lowest BCUT2D eigenvalue weighted by Gasteiger charge is -2.17. The van der Waals surface area contributed by atoms with E-state index >= 15 is 0 Å². The predicted molar refractivity (Wildman–Crippen MR) is 82.2 cm³/mol. The maximum Gasteiger partial charge on any atom is 0.256 e. The summed E-state index contributed by atoms with van der Waals surface area (Å²) in [4.78, 5) is 17.3. The molecule has 1 amide bonds. The van der Waals surface area contributed by atoms with E-state index in [9.17, 15) is 9.90 Å². The Morgan fingerprint density at radius 1 is 1.14 bits per heavy atom. The second-order valence-electron chi connectivity index (χ2n) is 5.08. The fourth-order valence-electron chi connectivity index (χ4n) is 2.40. The van der Waals surface area contributed by atoms with E-state index in [0.29, 0.717) is 12.1 Å². The van der Waals surface area contributed by atoms with E-state index in [1.54, 1.807) is 30.3 Å². The van der Waals surface area contributed by atoms with Crippen LogP contribution in [0.15, 0.2) is 54.7 Å². The number of rotatable bonds is 3. The van der Waals surface area contributed by atoms with Gasteiger partial charge in [0.25, 0.3) is 5.91 Å². The average Bonchev–Trinajstić information content (AvgIpc) is 2.92. The minimum atomic E-state index is -0.0273. The fraction of sp³-hybridized carbons (Fsp3) is 0.118. The maximum absolute atomic E-state index is 12.5. The van der Waals surface area contributed by atoms with Gasteiger partial charge in [0.15, 0.2) is 0 Å². The van der Waals surface area contributed by atoms with Gasteiger partial charge in [0.05, 0.1) is 5.56 Å². The zero-order chi connectivity index (χ0) is 14.8. The standard InChI is InChI=1S/C17H16N2O2/c1-19(11-12-6-8-13(20)9-7-12)17(21)15-10-18-16-5-3-2-4-14(15)16/h2-10,18,20H,11H2,1H3. The van der Waals surface area contributed by atoms with Gasteiger partial charge in [-0.15, -0.1) is 0 Å². The molecule has 2 aromatic carbocycles. The molecule has 0 unspecified atom stereocenters. The summed E-state index contributed by atoms with van der Waals surface area (Å²) in [6.45, 7) is 0.499. The highest BCUT2D eigenvalue weighted by molar-refractivity contribution is 6.06. The third-order valence-electron chi connectivity index (χ3n) is 3.52. The number of hydrogen-bond donors (Lipinski definition) is 2. The van der Waals surface area contributed by atoms with Crippen molar-refractivity contribution in [1.29, 1.82) is 0 Å². The molecule has 2 N–H and O–H groups in total. The minimum absolute atomic E-state index is 0.0273. The van der Waals surface area contributed by atoms with Gasteiger partial charge in [0, 0.05) is 30.7 Å². The Labute approximate surface area is 122 Å². The van der Waals surface area contributed by atoms with Crippen molar-refractivity contribution in [3.8, 4) is 5.75 Å². The smallest absolute Gasteiger partial charge is 0.256 e. The number of phenolic OH excluding ortho intramolecular Hbond substituents is 1. The summed E-state index contributed by atoms with van der Waals surface area (Å²) in [5.41, 5.74) is 2.61. The number of nitrogens with zero attached hydrogens (tertiary/aromatic N) is 1. The highest BCUT2D eigenvalue weighted by Crippen LogP contribution is 2.20. The molecule has 106 valence electrons. The molecular formula is C17H16N2O2. The lowest BCUT2D eigenvalue weighted by molar-refractivity contribution is 0.0787. The molecule has 0 saturated heterocycles. The summed E-state index contributed by atoms with van der Waals surface area (Å²) in [6, 6.07) is 14.6. The molecule has 4 heteroatoms. The van der Waals surface area contributed by atoms with Crippen LogP contribution in [0.2, 0.25) is 0 Å². The van der Waals surface area contributed by atoms with Crippen molar-refractivity contribution >= 4 is 16.8 Å². The van der Waals surface area contributed by atoms with Crippen LogP contribution in [0.4, 0.5) is 0 Å². The number of aromatic nitrogens is 1. The number of aromatic amines is 1. The predicted octanol–water partition coefficient (Wildman–Crippen LogP) is 3.15. The van der Waals surface area contributed by atoms with Gasteiger partial charge in [0.1, 0.15) is 5.75 Å². The molecule has 0 radical (unpaired) electrons. The first-order chi connectivity index (χ1) is 10.1. The minimum Gasteiger partial charge on any atom is -0.508 e. The van der Waals surface area contributed by atoms with Gasteiger partial charge in [-0.25, -0.2) is 0 Å². The van der Waals surface area contributed by atoms with Gasteiger partial charge < -0.3 is 15.0 Å². The van der Waals surface area contributed by atoms with Crippen molar-refractivity contribution in [2.24, 2.45) is 0 Å². The van der Waals surface area contributed by atoms with E-state index in [-0.39, 0.29) is 11.7 Å². The lowest BCUT2D eigenvalue weighted by atomic mass is 10.1. The molecule has 3 rings (SSSR count). The number of aromatic hydroxyl groups is 1. The van der Waals surface area contributed by atoms with Crippen molar-refractivity contribution < 1.29 is 9.90 Å². The molecule has 3 aromatic rings. The number of phenols is 1. The monoisotopic (exact) mass is 280 g/mol. The Morgan fingerprint density at radius 2 is 1.86 bits per heavy atom. The number of carbonyl (C=O) groups excluding carboxylic acids is 1. The number of amides is 1. The number of para-hydroxylation sites is 1. The van der Waals surface area contributed by atoms with Gasteiger partial charge in [-0.05, 0) is 23.8 Å². The van der Waals surface area contributed by atoms with Gasteiger partial charge in [0.2, 0.25) is 0 Å². The van der Waals surface area contributed by atoms with Gasteiger partial charge >= 0.3 is 0 Å². The molecule has 0 fully saturated rings. The second kappa shape index (κ2) is 5.32. The molecule has 4 nitrogen and oxygen atoms in total. The van der Waals surface area contributed by atoms with Crippen LogP contribution in [0.5, 0.6) is 5.75 Å². The van der Waals surface area contributed by atoms with Crippen molar-refractivity contribution in [3.05, 3.63) is 65.9 Å². The van der Waals surface area contributed by atoms with Gasteiger partial charge in [-0.1, -0.05) is 30.3 Å². The molecule has 0 spiro atoms. The van der Waals surface area contributed by atoms with Crippen LogP contribution in [0.25, 0.3) is 10.9 Å². The zero-order valence-corrected chi connectivity index (χ0v) is 11.7. The summed E-state index contributed by atoms with van der Waals surface area (Å²) in [5.74, 6) is 0.199. The summed E-state index contributed by atoms with van der Waals surface area (Å²) < 4.78 is 0. The van der Waals surface area contributed by atoms with Crippen LogP contribution in [0, 0.1) is 0 Å². The Bertz CT molecular complexity index is 775. The van der Waals surface area contributed by atoms with Gasteiger partial charge in [-0.3, -0.25) is 4.79 Å². The van der Waals surface area contributed by atoms with Crippen molar-refractivity contribution in [2.45, 2.75) is 6.54 Å². The van der Waals surface area contributed by atoms with Crippen molar-refractivity contribution in [1.82, 2.24) is 9.88 Å². The normalized spacial score (nSPS) is 10.7. The first-order valence-corrected chi connectivity index (χ1v) is 6.74. The number of hydrogen-bond acceptors (Lipinski definition) is 2. The van der Waals surface area contributed by atoms with Crippen LogP contribution in [0.3, 0.4) is 0 Å². The molecule has 21 heavy (non-hydrogen) atoms. The topological polar surface area (TPSA) is 56.3 Å². The first kappa shape index (κ1) is 13.2. The van der Waals surface area contributed by atoms with E-state index in [1.807, 2.05) is 36.4 Å². The third kappa shape index (κ3) is 2.60. The average molecular weight is 280 g/mol. The Balaban J connectivity index is 1.82. The van der Waals surface area contributed by atoms with Crippen LogP contribution in [-0.4, -0.2) is 27.9 Å². The quantitative estimate of drug-likeness (QED) is 0.774. The Morgan fingerprint density at radius 3 is 2.62 bits per heavy atom. The third-order valence-corrected chi connectivity index (χ3v) is 3.52. The molecule has 0 bridgehead atoms. The SMILES string of the molecule is CN(Cc1ccc(O)cc1)C(=O)c1c[nH]c2ccccc12. The molecular weight excluding hydrogens is 264 g/mol. The first-order valence-electron chi connectivity index (χ1n) is 6.74. The molecule has 1 aromatic heterocycles. The fourth-order valence-corrected chi connectivity index (χ4v) is 2.40. The molecule has 1 heterocycles. The van der Waals surface area contributed by atoms with E-state index < -0.39 is 0 Å². The van der Waals surface area contributed by atoms with Crippen LogP contribution in [0.1, 0.15) is 15.9 Å². The molecule has 0 saturated carbocycles. The largest absolute Gasteiger partial charge is 0.508 e. The van der Waals surface area contributed by atoms with E-state index in [0.717, 1.165) is 16.5 Å². The summed E-state index contributed by atoms with van der Waals surface area (Å²) in [7, 11) is 1.77. The molecule has 0 aliphatic rings. The summed E-state index contributed by atoms with van der Waals surface area (Å²) in [6.07, 6.45) is 1.75. The van der Waals surface area contributed by atoms with Crippen LogP contribution in [-0.2, 0) is 6.54 Å². The summed E-state index contributed by atoms with van der Waals surface area (Å²) in [5, 5.41) is 10.2. The van der Waals surface area contributed by atoms with E-state index in [4.69, 9.17) is 0 Å². The van der Waals surface area contributed by atoms with Crippen LogP contribution >= 0.6 is 0 Å². The van der Waals surface area contributed by atoms with E-state index in [1.165, 1.54) is 0 Å². The number of nitrogens with one attached hydrogen (secondary N) is 1. The van der Waals surface area contributed by atoms with Gasteiger partial charge in [-0.2, -0.15) is 0 Å². The highest BCUT2D eigenvalue weighted by atomic mass is 16.3. The van der Waals surface area contributed by atoms with E-state index in [2.05, 4.69) is 4.98 Å². The highest BCUT2D eigenvalue weighted by Gasteiger charge is 2.16. The number of H-pyrrole nitrogens is 1. The maximum atomic E-state index is 12.5. The zero-order valence-electron chi connectivity index (χ0n) is 11.7. The summed E-state index contributed by atoms with van der Waals surface area (Å²) >= 11 is 0. The Hall–Kier alpha value is -2.75. The van der Waals surface area contributed by atoms with Crippen molar-refractivity contribution in [2.75, 3.05) is 7.05 Å². The molecule has 0 aliphatic carbocycles. The molecule has 0 aliphatic heterocycles. The number of carbonyl (C=O) groups is 1. The molecule has 0 atom stereocenters. The number of fused-ring (bicyclic) bond motifs is 1. The lowest BCUT2D eigenvalue weighted by Crippen LogP contribution is -2.25. The number of benzene rings is 2. The van der Waals surface area contributed by atoms with Crippen molar-refractivity contribution in [3.63, 3.8) is 0 Å².